The van der Waals surface area contributed by atoms with Crippen LogP contribution in [-0.2, 0) is 19.1 Å². The SMILES string of the molecule is CC(C)[C@H](NC(=O)CCC(C)(C)C)C(=O)N[C@@H](CCCNC(N)=O)C(=O)NC1=CC=C(COC(=O)N(C)CCCC(C)(C)C)CC1. The third kappa shape index (κ3) is 17.8. The van der Waals surface area contributed by atoms with Crippen LogP contribution in [0.2, 0.25) is 0 Å². The lowest BCUT2D eigenvalue weighted by molar-refractivity contribution is -0.133. The van der Waals surface area contributed by atoms with Crippen LogP contribution in [0.1, 0.15) is 107 Å². The summed E-state index contributed by atoms with van der Waals surface area (Å²) in [6.45, 7) is 17.4. The molecule has 0 unspecified atom stereocenters. The molecule has 12 heteroatoms. The van der Waals surface area contributed by atoms with E-state index >= 15 is 0 Å². The molecule has 1 rings (SSSR count). The first-order valence-corrected chi connectivity index (χ1v) is 16.5. The van der Waals surface area contributed by atoms with E-state index in [1.54, 1.807) is 18.0 Å². The van der Waals surface area contributed by atoms with Gasteiger partial charge in [0.15, 0.2) is 0 Å². The lowest BCUT2D eigenvalue weighted by atomic mass is 9.90. The summed E-state index contributed by atoms with van der Waals surface area (Å²) in [5.74, 6) is -1.28. The quantitative estimate of drug-likeness (QED) is 0.145. The van der Waals surface area contributed by atoms with Crippen LogP contribution >= 0.6 is 0 Å². The molecule has 0 saturated heterocycles. The first-order chi connectivity index (χ1) is 21.3. The average molecular weight is 649 g/mol. The van der Waals surface area contributed by atoms with Gasteiger partial charge < -0.3 is 36.6 Å². The van der Waals surface area contributed by atoms with Crippen molar-refractivity contribution in [3.05, 3.63) is 23.4 Å². The van der Waals surface area contributed by atoms with Gasteiger partial charge in [0.05, 0.1) is 0 Å². The van der Waals surface area contributed by atoms with Gasteiger partial charge in [-0.1, -0.05) is 61.5 Å². The minimum atomic E-state index is -0.907. The van der Waals surface area contributed by atoms with Gasteiger partial charge in [-0.3, -0.25) is 14.4 Å². The standard InChI is InChI=1S/C34H60N6O6/c1-23(2)28(39-27(41)17-19-34(6,7)8)30(43)38-26(12-10-20-36-31(35)44)29(42)37-25-15-13-24(14-16-25)22-46-32(45)40(9)21-11-18-33(3,4)5/h13,15,23,26,28H,10-12,14,16-22H2,1-9H3,(H,37,42)(H,38,43)(H,39,41)(H3,35,36,44)/t26-,28-/m0/s1. The fraction of sp³-hybridized carbons (Fsp3) is 0.735. The highest BCUT2D eigenvalue weighted by atomic mass is 16.6. The number of nitrogens with one attached hydrogen (secondary N) is 4. The number of hydrogen-bond acceptors (Lipinski definition) is 6. The zero-order chi connectivity index (χ0) is 35.1. The molecule has 0 fully saturated rings. The van der Waals surface area contributed by atoms with Crippen molar-refractivity contribution in [2.45, 2.75) is 119 Å². The average Bonchev–Trinajstić information content (AvgIpc) is 2.94. The molecule has 2 atom stereocenters. The minimum Gasteiger partial charge on any atom is -0.445 e. The van der Waals surface area contributed by atoms with Crippen LogP contribution < -0.4 is 27.0 Å². The maximum Gasteiger partial charge on any atom is 0.409 e. The Kier molecular flexibility index (Phi) is 16.9. The number of urea groups is 1. The Hall–Kier alpha value is -3.57. The fourth-order valence-electron chi connectivity index (χ4n) is 4.67. The van der Waals surface area contributed by atoms with Crippen LogP contribution in [0.15, 0.2) is 23.4 Å². The smallest absolute Gasteiger partial charge is 0.409 e. The van der Waals surface area contributed by atoms with Gasteiger partial charge in [0.2, 0.25) is 17.7 Å². The molecule has 6 N–H and O–H groups in total. The van der Waals surface area contributed by atoms with Gasteiger partial charge in [0, 0.05) is 32.3 Å². The van der Waals surface area contributed by atoms with E-state index in [9.17, 15) is 24.0 Å². The lowest BCUT2D eigenvalue weighted by Gasteiger charge is -2.26. The lowest BCUT2D eigenvalue weighted by Crippen LogP contribution is -2.55. The van der Waals surface area contributed by atoms with Crippen molar-refractivity contribution in [2.24, 2.45) is 22.5 Å². The van der Waals surface area contributed by atoms with Crippen molar-refractivity contribution in [1.82, 2.24) is 26.2 Å². The van der Waals surface area contributed by atoms with Gasteiger partial charge in [-0.05, 0) is 73.3 Å². The number of carbonyl (C=O) groups excluding carboxylic acids is 5. The Morgan fingerprint density at radius 1 is 0.913 bits per heavy atom. The first kappa shape index (κ1) is 40.5. The van der Waals surface area contributed by atoms with Crippen LogP contribution in [-0.4, -0.2) is 73.6 Å². The molecule has 0 aromatic heterocycles. The number of carbonyl (C=O) groups is 5. The third-order valence-electron chi connectivity index (χ3n) is 7.60. The highest BCUT2D eigenvalue weighted by Gasteiger charge is 2.29. The number of nitrogens with two attached hydrogens (primary N) is 1. The summed E-state index contributed by atoms with van der Waals surface area (Å²) < 4.78 is 5.48. The van der Waals surface area contributed by atoms with Crippen LogP contribution in [0.3, 0.4) is 0 Å². The number of amides is 6. The number of hydrogen-bond donors (Lipinski definition) is 5. The highest BCUT2D eigenvalue weighted by molar-refractivity contribution is 5.92. The molecule has 262 valence electrons. The summed E-state index contributed by atoms with van der Waals surface area (Å²) in [6.07, 6.45) is 7.88. The van der Waals surface area contributed by atoms with E-state index in [-0.39, 0.29) is 48.3 Å². The number of ether oxygens (including phenoxy) is 1. The number of primary amides is 1. The van der Waals surface area contributed by atoms with E-state index in [0.717, 1.165) is 18.4 Å². The van der Waals surface area contributed by atoms with Crippen molar-refractivity contribution in [3.63, 3.8) is 0 Å². The molecular weight excluding hydrogens is 588 g/mol. The Bertz CT molecular complexity index is 1100. The molecule has 0 bridgehead atoms. The molecule has 0 aliphatic heterocycles. The highest BCUT2D eigenvalue weighted by Crippen LogP contribution is 2.22. The number of rotatable bonds is 17. The fourth-order valence-corrected chi connectivity index (χ4v) is 4.67. The van der Waals surface area contributed by atoms with Crippen molar-refractivity contribution < 1.29 is 28.7 Å². The molecule has 0 radical (unpaired) electrons. The van der Waals surface area contributed by atoms with Crippen LogP contribution in [0.4, 0.5) is 9.59 Å². The largest absolute Gasteiger partial charge is 0.445 e. The summed E-state index contributed by atoms with van der Waals surface area (Å²) in [4.78, 5) is 64.4. The second kappa shape index (κ2) is 19.2. The molecule has 1 aliphatic carbocycles. The summed E-state index contributed by atoms with van der Waals surface area (Å²) in [5.41, 5.74) is 6.95. The monoisotopic (exact) mass is 648 g/mol. The summed E-state index contributed by atoms with van der Waals surface area (Å²) in [6, 6.07) is -2.39. The Morgan fingerprint density at radius 3 is 2.11 bits per heavy atom. The van der Waals surface area contributed by atoms with E-state index in [2.05, 4.69) is 42.0 Å². The van der Waals surface area contributed by atoms with E-state index in [1.807, 2.05) is 40.7 Å². The number of nitrogens with zero attached hydrogens (tertiary/aromatic N) is 1. The van der Waals surface area contributed by atoms with Gasteiger partial charge in [-0.2, -0.15) is 0 Å². The summed E-state index contributed by atoms with van der Waals surface area (Å²) in [5, 5.41) is 11.0. The second-order valence-corrected chi connectivity index (χ2v) is 15.0. The van der Waals surface area contributed by atoms with Crippen molar-refractivity contribution in [3.8, 4) is 0 Å². The van der Waals surface area contributed by atoms with Gasteiger partial charge >= 0.3 is 12.1 Å². The van der Waals surface area contributed by atoms with Crippen LogP contribution in [0, 0.1) is 16.7 Å². The van der Waals surface area contributed by atoms with Crippen molar-refractivity contribution >= 4 is 29.8 Å². The Labute approximate surface area is 276 Å². The Balaban J connectivity index is 2.82. The minimum absolute atomic E-state index is 0.0221. The zero-order valence-electron chi connectivity index (χ0n) is 29.6. The van der Waals surface area contributed by atoms with E-state index < -0.39 is 29.9 Å². The first-order valence-electron chi connectivity index (χ1n) is 16.5. The van der Waals surface area contributed by atoms with Crippen LogP contribution in [0.25, 0.3) is 0 Å². The van der Waals surface area contributed by atoms with Gasteiger partial charge in [-0.15, -0.1) is 0 Å². The molecule has 0 heterocycles. The Morgan fingerprint density at radius 2 is 1.57 bits per heavy atom. The van der Waals surface area contributed by atoms with Crippen molar-refractivity contribution in [1.29, 1.82) is 0 Å². The topological polar surface area (TPSA) is 172 Å². The predicted octanol–water partition coefficient (Wildman–Crippen LogP) is 4.50. The van der Waals surface area contributed by atoms with Gasteiger partial charge in [-0.25, -0.2) is 9.59 Å². The van der Waals surface area contributed by atoms with Gasteiger partial charge in [0.1, 0.15) is 18.7 Å². The number of allylic oxidation sites excluding steroid dienone is 3. The van der Waals surface area contributed by atoms with E-state index in [4.69, 9.17) is 10.5 Å². The third-order valence-corrected chi connectivity index (χ3v) is 7.60. The molecule has 0 spiro atoms. The van der Waals surface area contributed by atoms with E-state index in [0.29, 0.717) is 44.3 Å². The maximum absolute atomic E-state index is 13.4. The second-order valence-electron chi connectivity index (χ2n) is 15.0. The zero-order valence-corrected chi connectivity index (χ0v) is 29.6. The molecular formula is C34H60N6O6. The summed E-state index contributed by atoms with van der Waals surface area (Å²) >= 11 is 0. The molecule has 0 aromatic rings. The predicted molar refractivity (Wildman–Crippen MR) is 180 cm³/mol. The molecule has 0 saturated carbocycles. The summed E-state index contributed by atoms with van der Waals surface area (Å²) in [7, 11) is 1.73. The molecule has 46 heavy (non-hydrogen) atoms. The van der Waals surface area contributed by atoms with Gasteiger partial charge in [0.25, 0.3) is 0 Å². The molecule has 6 amide bonds. The molecule has 12 nitrogen and oxygen atoms in total. The van der Waals surface area contributed by atoms with Crippen molar-refractivity contribution in [2.75, 3.05) is 26.7 Å². The van der Waals surface area contributed by atoms with E-state index in [1.165, 1.54) is 0 Å². The molecule has 0 aromatic carbocycles. The maximum atomic E-state index is 13.4. The molecule has 1 aliphatic rings. The normalized spacial score (nSPS) is 14.7. The van der Waals surface area contributed by atoms with Crippen LogP contribution in [0.5, 0.6) is 0 Å².